The predicted octanol–water partition coefficient (Wildman–Crippen LogP) is 4.04. The molecule has 0 aliphatic heterocycles. The molecule has 1 aromatic heterocycles. The van der Waals surface area contributed by atoms with Gasteiger partial charge in [0.05, 0.1) is 12.1 Å². The lowest BCUT2D eigenvalue weighted by molar-refractivity contribution is 0.491. The van der Waals surface area contributed by atoms with E-state index in [4.69, 9.17) is 10.2 Å². The average Bonchev–Trinajstić information content (AvgIpc) is 2.78. The molecule has 1 heterocycles. The topological polar surface area (TPSA) is 52.0 Å². The Morgan fingerprint density at radius 1 is 1.25 bits per heavy atom. The molecule has 0 saturated heterocycles. The third-order valence-corrected chi connectivity index (χ3v) is 3.36. The average molecular weight is 339 g/mol. The first-order chi connectivity index (χ1) is 9.54. The van der Waals surface area contributed by atoms with E-state index in [0.29, 0.717) is 16.8 Å². The Bertz CT molecular complexity index is 801. The summed E-state index contributed by atoms with van der Waals surface area (Å²) in [5.74, 6) is -1.49. The molecule has 3 rings (SSSR count). The van der Waals surface area contributed by atoms with Crippen molar-refractivity contribution in [3.8, 4) is 0 Å². The highest BCUT2D eigenvalue weighted by Crippen LogP contribution is 2.28. The molecule has 0 bridgehead atoms. The van der Waals surface area contributed by atoms with Crippen LogP contribution in [-0.4, -0.2) is 4.98 Å². The lowest BCUT2D eigenvalue weighted by Crippen LogP contribution is -1.95. The molecule has 0 unspecified atom stereocenters. The minimum atomic E-state index is -0.888. The fraction of sp³-hybridized carbons (Fsp3) is 0.0714. The van der Waals surface area contributed by atoms with E-state index in [1.165, 1.54) is 12.1 Å². The molecule has 2 N–H and O–H groups in total. The van der Waals surface area contributed by atoms with Crippen LogP contribution < -0.4 is 5.73 Å². The van der Waals surface area contributed by atoms with Gasteiger partial charge in [0.1, 0.15) is 5.52 Å². The van der Waals surface area contributed by atoms with Gasteiger partial charge in [0.25, 0.3) is 0 Å². The summed E-state index contributed by atoms with van der Waals surface area (Å²) in [4.78, 5) is 4.23. The molecule has 0 aliphatic carbocycles. The molecule has 0 saturated carbocycles. The Hall–Kier alpha value is -1.95. The molecular formula is C14H9BrF2N2O. The summed E-state index contributed by atoms with van der Waals surface area (Å²) in [5, 5.41) is 0. The zero-order valence-electron chi connectivity index (χ0n) is 10.2. The van der Waals surface area contributed by atoms with E-state index < -0.39 is 11.6 Å². The van der Waals surface area contributed by atoms with Crippen LogP contribution >= 0.6 is 15.9 Å². The third kappa shape index (κ3) is 2.27. The van der Waals surface area contributed by atoms with Crippen LogP contribution in [0.1, 0.15) is 11.5 Å². The molecule has 102 valence electrons. The number of aromatic nitrogens is 1. The Balaban J connectivity index is 2.03. The number of hydrogen-bond acceptors (Lipinski definition) is 3. The maximum atomic E-state index is 13.6. The lowest BCUT2D eigenvalue weighted by atomic mass is 10.1. The van der Waals surface area contributed by atoms with Gasteiger partial charge in [0, 0.05) is 10.0 Å². The van der Waals surface area contributed by atoms with E-state index in [2.05, 4.69) is 20.9 Å². The van der Waals surface area contributed by atoms with Gasteiger partial charge in [-0.05, 0) is 18.2 Å². The monoisotopic (exact) mass is 338 g/mol. The molecule has 0 amide bonds. The molecule has 0 atom stereocenters. The van der Waals surface area contributed by atoms with Crippen molar-refractivity contribution >= 4 is 32.7 Å². The van der Waals surface area contributed by atoms with Crippen molar-refractivity contribution < 1.29 is 13.2 Å². The minimum Gasteiger partial charge on any atom is -0.438 e. The Morgan fingerprint density at radius 3 is 2.85 bits per heavy atom. The van der Waals surface area contributed by atoms with E-state index in [0.717, 1.165) is 10.5 Å². The summed E-state index contributed by atoms with van der Waals surface area (Å²) in [6.45, 7) is 0. The number of benzene rings is 2. The van der Waals surface area contributed by atoms with E-state index in [1.54, 1.807) is 12.1 Å². The van der Waals surface area contributed by atoms with Gasteiger partial charge in [-0.3, -0.25) is 0 Å². The number of nitrogens with two attached hydrogens (primary N) is 1. The van der Waals surface area contributed by atoms with E-state index in [9.17, 15) is 8.78 Å². The number of anilines is 1. The van der Waals surface area contributed by atoms with Gasteiger partial charge >= 0.3 is 0 Å². The van der Waals surface area contributed by atoms with Crippen molar-refractivity contribution in [2.45, 2.75) is 6.42 Å². The maximum Gasteiger partial charge on any atom is 0.200 e. The van der Waals surface area contributed by atoms with Crippen LogP contribution in [0.3, 0.4) is 0 Å². The first-order valence-electron chi connectivity index (χ1n) is 5.82. The fourth-order valence-corrected chi connectivity index (χ4v) is 2.46. The Morgan fingerprint density at radius 2 is 2.05 bits per heavy atom. The second kappa shape index (κ2) is 4.86. The van der Waals surface area contributed by atoms with Gasteiger partial charge < -0.3 is 10.2 Å². The van der Waals surface area contributed by atoms with Gasteiger partial charge in [-0.2, -0.15) is 0 Å². The van der Waals surface area contributed by atoms with Crippen LogP contribution in [0.5, 0.6) is 0 Å². The lowest BCUT2D eigenvalue weighted by Gasteiger charge is -2.00. The smallest absolute Gasteiger partial charge is 0.200 e. The quantitative estimate of drug-likeness (QED) is 0.717. The summed E-state index contributed by atoms with van der Waals surface area (Å²) in [5.41, 5.74) is 7.46. The van der Waals surface area contributed by atoms with Gasteiger partial charge in [0.2, 0.25) is 0 Å². The molecule has 6 heteroatoms. The normalized spacial score (nSPS) is 11.2. The molecule has 3 nitrogen and oxygen atoms in total. The van der Waals surface area contributed by atoms with Crippen molar-refractivity contribution in [3.63, 3.8) is 0 Å². The predicted molar refractivity (Wildman–Crippen MR) is 75.3 cm³/mol. The molecule has 2 aromatic carbocycles. The highest BCUT2D eigenvalue weighted by Gasteiger charge is 2.14. The summed E-state index contributed by atoms with van der Waals surface area (Å²) in [7, 11) is 0. The second-order valence-corrected chi connectivity index (χ2v) is 5.26. The molecule has 0 aliphatic rings. The number of nitrogens with zero attached hydrogens (tertiary/aromatic N) is 1. The SMILES string of the molecule is Nc1cc(Br)cc2nc(Cc3cccc(F)c3F)oc12. The van der Waals surface area contributed by atoms with Crippen LogP contribution in [0.25, 0.3) is 11.1 Å². The zero-order valence-corrected chi connectivity index (χ0v) is 11.7. The van der Waals surface area contributed by atoms with Crippen LogP contribution in [0.15, 0.2) is 39.2 Å². The van der Waals surface area contributed by atoms with E-state index >= 15 is 0 Å². The maximum absolute atomic E-state index is 13.6. The largest absolute Gasteiger partial charge is 0.438 e. The highest BCUT2D eigenvalue weighted by atomic mass is 79.9. The summed E-state index contributed by atoms with van der Waals surface area (Å²) in [6, 6.07) is 7.45. The summed E-state index contributed by atoms with van der Waals surface area (Å²) in [6.07, 6.45) is 0.0648. The number of halogens is 3. The zero-order chi connectivity index (χ0) is 14.3. The van der Waals surface area contributed by atoms with Crippen LogP contribution in [0, 0.1) is 11.6 Å². The Kier molecular flexibility index (Phi) is 3.17. The van der Waals surface area contributed by atoms with E-state index in [-0.39, 0.29) is 17.9 Å². The molecular weight excluding hydrogens is 330 g/mol. The summed E-state index contributed by atoms with van der Waals surface area (Å²) >= 11 is 3.31. The Labute approximate surface area is 121 Å². The summed E-state index contributed by atoms with van der Waals surface area (Å²) < 4.78 is 33.0. The number of fused-ring (bicyclic) bond motifs is 1. The number of hydrogen-bond donors (Lipinski definition) is 1. The van der Waals surface area contributed by atoms with Crippen molar-refractivity contribution in [1.29, 1.82) is 0 Å². The first kappa shape index (κ1) is 13.1. The van der Waals surface area contributed by atoms with Crippen molar-refractivity contribution in [2.75, 3.05) is 5.73 Å². The van der Waals surface area contributed by atoms with Gasteiger partial charge in [0.15, 0.2) is 23.1 Å². The third-order valence-electron chi connectivity index (χ3n) is 2.90. The van der Waals surface area contributed by atoms with Crippen molar-refractivity contribution in [2.24, 2.45) is 0 Å². The number of oxazole rings is 1. The number of nitrogen functional groups attached to an aromatic ring is 1. The van der Waals surface area contributed by atoms with Crippen molar-refractivity contribution in [3.05, 3.63) is 57.9 Å². The van der Waals surface area contributed by atoms with Gasteiger partial charge in [-0.25, -0.2) is 13.8 Å². The van der Waals surface area contributed by atoms with Crippen molar-refractivity contribution in [1.82, 2.24) is 4.98 Å². The number of rotatable bonds is 2. The minimum absolute atomic E-state index is 0.0648. The van der Waals surface area contributed by atoms with Crippen LogP contribution in [0.2, 0.25) is 0 Å². The van der Waals surface area contributed by atoms with Crippen LogP contribution in [0.4, 0.5) is 14.5 Å². The standard InChI is InChI=1S/C14H9BrF2N2O/c15-8-5-10(18)14-11(6-8)19-12(20-14)4-7-2-1-3-9(16)13(7)17/h1-3,5-6H,4,18H2. The van der Waals surface area contributed by atoms with Gasteiger partial charge in [-0.15, -0.1) is 0 Å². The van der Waals surface area contributed by atoms with E-state index in [1.807, 2.05) is 0 Å². The first-order valence-corrected chi connectivity index (χ1v) is 6.61. The molecule has 0 spiro atoms. The van der Waals surface area contributed by atoms with Crippen LogP contribution in [-0.2, 0) is 6.42 Å². The molecule has 3 aromatic rings. The highest BCUT2D eigenvalue weighted by molar-refractivity contribution is 9.10. The molecule has 20 heavy (non-hydrogen) atoms. The van der Waals surface area contributed by atoms with Gasteiger partial charge in [-0.1, -0.05) is 28.1 Å². The molecule has 0 radical (unpaired) electrons. The molecule has 0 fully saturated rings. The fourth-order valence-electron chi connectivity index (χ4n) is 1.99. The second-order valence-electron chi connectivity index (χ2n) is 4.34.